The first-order valence-electron chi connectivity index (χ1n) is 8.51. The molecule has 4 bridgehead atoms. The Hall–Kier alpha value is -0.930. The number of hydrogen-bond donors (Lipinski definition) is 2. The molecule has 4 saturated carbocycles. The van der Waals surface area contributed by atoms with Crippen LogP contribution in [-0.4, -0.2) is 12.6 Å². The van der Waals surface area contributed by atoms with Crippen molar-refractivity contribution in [1.82, 2.24) is 5.32 Å². The smallest absolute Gasteiger partial charge is 0.319 e. The summed E-state index contributed by atoms with van der Waals surface area (Å²) >= 11 is 12.1. The Labute approximate surface area is 147 Å². The van der Waals surface area contributed by atoms with Crippen LogP contribution in [0.5, 0.6) is 0 Å². The van der Waals surface area contributed by atoms with Crippen molar-refractivity contribution in [2.24, 2.45) is 23.2 Å². The molecule has 4 aliphatic carbocycles. The van der Waals surface area contributed by atoms with Gasteiger partial charge in [0.15, 0.2) is 0 Å². The number of halogens is 2. The van der Waals surface area contributed by atoms with E-state index in [0.717, 1.165) is 24.3 Å². The number of hydrogen-bond acceptors (Lipinski definition) is 1. The summed E-state index contributed by atoms with van der Waals surface area (Å²) in [5.74, 6) is 2.69. The van der Waals surface area contributed by atoms with E-state index in [1.54, 1.807) is 18.2 Å². The van der Waals surface area contributed by atoms with E-state index in [2.05, 4.69) is 10.6 Å². The lowest BCUT2D eigenvalue weighted by molar-refractivity contribution is -0.0496. The summed E-state index contributed by atoms with van der Waals surface area (Å²) in [6.45, 7) is 0.778. The third-order valence-electron chi connectivity index (χ3n) is 5.97. The Kier molecular flexibility index (Phi) is 3.97. The number of urea groups is 1. The largest absolute Gasteiger partial charge is 0.337 e. The second kappa shape index (κ2) is 5.86. The molecular weight excluding hydrogens is 331 g/mol. The molecule has 124 valence electrons. The van der Waals surface area contributed by atoms with Crippen molar-refractivity contribution in [1.29, 1.82) is 0 Å². The predicted octanol–water partition coefficient (Wildman–Crippen LogP) is 5.33. The Bertz CT molecular complexity index is 596. The van der Waals surface area contributed by atoms with Crippen LogP contribution in [0.15, 0.2) is 18.2 Å². The first-order valence-corrected chi connectivity index (χ1v) is 9.27. The fourth-order valence-electron chi connectivity index (χ4n) is 5.53. The van der Waals surface area contributed by atoms with E-state index >= 15 is 0 Å². The molecule has 3 nitrogen and oxygen atoms in total. The molecule has 0 atom stereocenters. The lowest BCUT2D eigenvalue weighted by Gasteiger charge is -2.56. The average molecular weight is 353 g/mol. The molecule has 1 aromatic rings. The van der Waals surface area contributed by atoms with Crippen LogP contribution in [0.4, 0.5) is 10.5 Å². The van der Waals surface area contributed by atoms with E-state index in [0.29, 0.717) is 21.1 Å². The second-order valence-corrected chi connectivity index (χ2v) is 8.69. The van der Waals surface area contributed by atoms with E-state index in [9.17, 15) is 4.79 Å². The second-order valence-electron chi connectivity index (χ2n) is 7.85. The minimum atomic E-state index is -0.190. The van der Waals surface area contributed by atoms with Gasteiger partial charge in [0.2, 0.25) is 0 Å². The summed E-state index contributed by atoms with van der Waals surface area (Å²) in [5, 5.41) is 6.96. The summed E-state index contributed by atoms with van der Waals surface area (Å²) < 4.78 is 0. The van der Waals surface area contributed by atoms with Gasteiger partial charge >= 0.3 is 6.03 Å². The van der Waals surface area contributed by atoms with Crippen molar-refractivity contribution in [2.75, 3.05) is 11.9 Å². The molecule has 5 heteroatoms. The van der Waals surface area contributed by atoms with E-state index in [1.165, 1.54) is 38.5 Å². The molecule has 0 unspecified atom stereocenters. The molecule has 2 N–H and O–H groups in total. The molecule has 0 spiro atoms. The summed E-state index contributed by atoms with van der Waals surface area (Å²) in [7, 11) is 0. The fraction of sp³-hybridized carbons (Fsp3) is 0.611. The molecule has 23 heavy (non-hydrogen) atoms. The van der Waals surface area contributed by atoms with Crippen LogP contribution < -0.4 is 10.6 Å². The maximum Gasteiger partial charge on any atom is 0.319 e. The Morgan fingerprint density at radius 3 is 2.30 bits per heavy atom. The molecular formula is C18H22Cl2N2O. The van der Waals surface area contributed by atoms with Gasteiger partial charge in [0.25, 0.3) is 0 Å². The maximum atomic E-state index is 12.2. The highest BCUT2D eigenvalue weighted by molar-refractivity contribution is 6.35. The quantitative estimate of drug-likeness (QED) is 0.757. The van der Waals surface area contributed by atoms with Crippen molar-refractivity contribution < 1.29 is 4.79 Å². The van der Waals surface area contributed by atoms with Crippen LogP contribution >= 0.6 is 23.2 Å². The molecule has 4 aliphatic rings. The highest BCUT2D eigenvalue weighted by Crippen LogP contribution is 2.59. The van der Waals surface area contributed by atoms with E-state index in [-0.39, 0.29) is 6.03 Å². The molecule has 5 rings (SSSR count). The summed E-state index contributed by atoms with van der Waals surface area (Å²) in [6, 6.07) is 4.89. The molecule has 1 aromatic carbocycles. The number of amides is 2. The van der Waals surface area contributed by atoms with Gasteiger partial charge < -0.3 is 10.6 Å². The first kappa shape index (κ1) is 15.6. The highest BCUT2D eigenvalue weighted by Gasteiger charge is 2.50. The van der Waals surface area contributed by atoms with Gasteiger partial charge in [-0.15, -0.1) is 0 Å². The monoisotopic (exact) mass is 352 g/mol. The number of benzene rings is 1. The topological polar surface area (TPSA) is 41.1 Å². The third-order valence-corrected chi connectivity index (χ3v) is 6.53. The summed E-state index contributed by atoms with van der Waals surface area (Å²) in [6.07, 6.45) is 8.13. The normalized spacial score (nSPS) is 34.4. The third kappa shape index (κ3) is 3.18. The molecule has 0 saturated heterocycles. The van der Waals surface area contributed by atoms with Crippen molar-refractivity contribution in [2.45, 2.75) is 38.5 Å². The minimum absolute atomic E-state index is 0.190. The van der Waals surface area contributed by atoms with Gasteiger partial charge in [0.1, 0.15) is 0 Å². The van der Waals surface area contributed by atoms with Crippen LogP contribution in [0.2, 0.25) is 10.0 Å². The van der Waals surface area contributed by atoms with Gasteiger partial charge in [-0.2, -0.15) is 0 Å². The molecule has 0 heterocycles. The summed E-state index contributed by atoms with van der Waals surface area (Å²) in [5.41, 5.74) is 0.895. The first-order chi connectivity index (χ1) is 11.0. The van der Waals surface area contributed by atoms with E-state index in [1.807, 2.05) is 0 Å². The lowest BCUT2D eigenvalue weighted by Crippen LogP contribution is -2.51. The Morgan fingerprint density at radius 1 is 1.09 bits per heavy atom. The van der Waals surface area contributed by atoms with E-state index < -0.39 is 0 Å². The predicted molar refractivity (Wildman–Crippen MR) is 94.1 cm³/mol. The number of carbonyl (C=O) groups excluding carboxylic acids is 1. The van der Waals surface area contributed by atoms with Gasteiger partial charge in [0.05, 0.1) is 10.7 Å². The SMILES string of the molecule is O=C(NCC12CC3CC(CC(C3)C1)C2)Nc1cc(Cl)ccc1Cl. The zero-order valence-electron chi connectivity index (χ0n) is 13.1. The zero-order chi connectivity index (χ0) is 16.0. The molecule has 2 amide bonds. The molecule has 4 fully saturated rings. The van der Waals surface area contributed by atoms with Crippen LogP contribution in [0, 0.1) is 23.2 Å². The van der Waals surface area contributed by atoms with Crippen LogP contribution in [-0.2, 0) is 0 Å². The summed E-state index contributed by atoms with van der Waals surface area (Å²) in [4.78, 5) is 12.2. The number of rotatable bonds is 3. The van der Waals surface area contributed by atoms with Crippen molar-refractivity contribution in [3.63, 3.8) is 0 Å². The van der Waals surface area contributed by atoms with Gasteiger partial charge in [-0.1, -0.05) is 23.2 Å². The van der Waals surface area contributed by atoms with Gasteiger partial charge in [-0.25, -0.2) is 4.79 Å². The lowest BCUT2D eigenvalue weighted by atomic mass is 9.49. The van der Waals surface area contributed by atoms with E-state index in [4.69, 9.17) is 23.2 Å². The Morgan fingerprint density at radius 2 is 1.70 bits per heavy atom. The number of nitrogens with one attached hydrogen (secondary N) is 2. The Balaban J connectivity index is 1.37. The maximum absolute atomic E-state index is 12.2. The van der Waals surface area contributed by atoms with Gasteiger partial charge in [0, 0.05) is 11.6 Å². The van der Waals surface area contributed by atoms with Crippen molar-refractivity contribution >= 4 is 34.9 Å². The molecule has 0 aliphatic heterocycles. The standard InChI is InChI=1S/C18H22Cl2N2O/c19-14-1-2-15(20)16(6-14)22-17(23)21-10-18-7-11-3-12(8-18)5-13(4-11)9-18/h1-2,6,11-13H,3-5,7-10H2,(H2,21,22,23). The van der Waals surface area contributed by atoms with Crippen LogP contribution in [0.3, 0.4) is 0 Å². The molecule has 0 aromatic heterocycles. The fourth-order valence-corrected chi connectivity index (χ4v) is 5.87. The highest BCUT2D eigenvalue weighted by atomic mass is 35.5. The average Bonchev–Trinajstić information content (AvgIpc) is 2.48. The van der Waals surface area contributed by atoms with Crippen LogP contribution in [0.25, 0.3) is 0 Å². The van der Waals surface area contributed by atoms with Gasteiger partial charge in [-0.3, -0.25) is 0 Å². The van der Waals surface area contributed by atoms with Gasteiger partial charge in [-0.05, 0) is 79.9 Å². The molecule has 0 radical (unpaired) electrons. The van der Waals surface area contributed by atoms with Crippen molar-refractivity contribution in [3.8, 4) is 0 Å². The minimum Gasteiger partial charge on any atom is -0.337 e. The zero-order valence-corrected chi connectivity index (χ0v) is 14.6. The van der Waals surface area contributed by atoms with Crippen LogP contribution in [0.1, 0.15) is 38.5 Å². The number of anilines is 1. The number of carbonyl (C=O) groups is 1. The van der Waals surface area contributed by atoms with Crippen molar-refractivity contribution in [3.05, 3.63) is 28.2 Å².